The zero-order valence-corrected chi connectivity index (χ0v) is 21.1. The molecule has 5 rings (SSSR count). The van der Waals surface area contributed by atoms with Gasteiger partial charge in [0.05, 0.1) is 34.8 Å². The van der Waals surface area contributed by atoms with E-state index in [0.29, 0.717) is 11.4 Å². The van der Waals surface area contributed by atoms with Crippen LogP contribution in [0.3, 0.4) is 0 Å². The van der Waals surface area contributed by atoms with E-state index in [1.54, 1.807) is 29.4 Å². The van der Waals surface area contributed by atoms with Crippen molar-refractivity contribution in [2.75, 3.05) is 7.05 Å². The molecule has 1 amide bonds. The highest BCUT2D eigenvalue weighted by molar-refractivity contribution is 7.10. The Morgan fingerprint density at radius 1 is 1.20 bits per heavy atom. The van der Waals surface area contributed by atoms with Crippen LogP contribution in [0.15, 0.2) is 72.5 Å². The van der Waals surface area contributed by atoms with E-state index in [9.17, 15) is 10.1 Å². The van der Waals surface area contributed by atoms with Crippen molar-refractivity contribution >= 4 is 28.1 Å². The lowest BCUT2D eigenvalue weighted by Crippen LogP contribution is -2.57. The van der Waals surface area contributed by atoms with Crippen molar-refractivity contribution in [1.29, 1.82) is 5.26 Å². The van der Waals surface area contributed by atoms with Crippen molar-refractivity contribution in [3.8, 4) is 17.2 Å². The normalized spacial score (nSPS) is 20.3. The van der Waals surface area contributed by atoms with E-state index in [1.807, 2.05) is 35.1 Å². The summed E-state index contributed by atoms with van der Waals surface area (Å²) in [4.78, 5) is 16.3. The van der Waals surface area contributed by atoms with Crippen LogP contribution in [0.2, 0.25) is 0 Å². The molecule has 0 bridgehead atoms. The van der Waals surface area contributed by atoms with Crippen LogP contribution in [-0.2, 0) is 10.3 Å². The fourth-order valence-corrected chi connectivity index (χ4v) is 5.97. The van der Waals surface area contributed by atoms with E-state index in [4.69, 9.17) is 0 Å². The number of nitriles is 1. The molecule has 35 heavy (non-hydrogen) atoms. The molecule has 0 unspecified atom stereocenters. The number of carbonyl (C=O) groups is 1. The van der Waals surface area contributed by atoms with Crippen molar-refractivity contribution in [1.82, 2.24) is 20.0 Å². The van der Waals surface area contributed by atoms with Crippen LogP contribution in [0, 0.1) is 11.3 Å². The zero-order valence-electron chi connectivity index (χ0n) is 20.2. The van der Waals surface area contributed by atoms with Gasteiger partial charge in [-0.15, -0.1) is 11.3 Å². The monoisotopic (exact) mass is 481 g/mol. The van der Waals surface area contributed by atoms with Crippen LogP contribution in [0.25, 0.3) is 22.0 Å². The molecule has 4 aromatic rings. The maximum Gasteiger partial charge on any atom is 0.238 e. The molecule has 1 saturated heterocycles. The molecule has 6 nitrogen and oxygen atoms in total. The van der Waals surface area contributed by atoms with Crippen LogP contribution in [0.5, 0.6) is 0 Å². The molecule has 0 aliphatic carbocycles. The first-order chi connectivity index (χ1) is 16.7. The van der Waals surface area contributed by atoms with E-state index < -0.39 is 11.5 Å². The largest absolute Gasteiger partial charge is 0.361 e. The maximum absolute atomic E-state index is 13.7. The lowest BCUT2D eigenvalue weighted by atomic mass is 9.76. The van der Waals surface area contributed by atoms with Gasteiger partial charge in [0, 0.05) is 23.4 Å². The zero-order chi connectivity index (χ0) is 24.9. The Bertz CT molecular complexity index is 1510. The van der Waals surface area contributed by atoms with E-state index in [0.717, 1.165) is 32.5 Å². The molecule has 0 saturated carbocycles. The standard InChI is InChI=1S/C28H27N5OS/c1-17(2)33-24-10-9-21(12-22(24)15-30-33)26-27(34)32(5)18(3)31-28(26,4)25-13-23(16-35-25)20-8-6-7-19(11-20)14-29/h6-13,15-17,26,31H,3H2,1-2,4-5H3/t26-,28-/m1/s1. The van der Waals surface area contributed by atoms with Gasteiger partial charge in [-0.1, -0.05) is 24.8 Å². The summed E-state index contributed by atoms with van der Waals surface area (Å²) in [6.45, 7) is 10.4. The molecule has 1 aliphatic heterocycles. The van der Waals surface area contributed by atoms with Crippen molar-refractivity contribution in [2.24, 2.45) is 0 Å². The molecule has 0 radical (unpaired) electrons. The molecular weight excluding hydrogens is 454 g/mol. The number of nitrogens with one attached hydrogen (secondary N) is 1. The number of hydrogen-bond acceptors (Lipinski definition) is 5. The fourth-order valence-electron chi connectivity index (χ4n) is 4.90. The van der Waals surface area contributed by atoms with E-state index in [-0.39, 0.29) is 11.9 Å². The second-order valence-corrected chi connectivity index (χ2v) is 10.4. The van der Waals surface area contributed by atoms with Gasteiger partial charge in [0.25, 0.3) is 0 Å². The topological polar surface area (TPSA) is 74.0 Å². The Labute approximate surface area is 209 Å². The first kappa shape index (κ1) is 22.9. The van der Waals surface area contributed by atoms with Gasteiger partial charge >= 0.3 is 0 Å². The van der Waals surface area contributed by atoms with Gasteiger partial charge in [-0.05, 0) is 73.2 Å². The van der Waals surface area contributed by atoms with Crippen molar-refractivity contribution < 1.29 is 4.79 Å². The molecule has 7 heteroatoms. The highest BCUT2D eigenvalue weighted by atomic mass is 32.1. The number of hydrogen-bond donors (Lipinski definition) is 1. The molecule has 2 atom stereocenters. The third-order valence-corrected chi connectivity index (χ3v) is 8.01. The molecule has 3 heterocycles. The average molecular weight is 482 g/mol. The maximum atomic E-state index is 13.7. The summed E-state index contributed by atoms with van der Waals surface area (Å²) in [7, 11) is 1.76. The first-order valence-electron chi connectivity index (χ1n) is 11.5. The number of amides is 1. The van der Waals surface area contributed by atoms with E-state index in [2.05, 4.69) is 67.4 Å². The fraction of sp³-hybridized carbons (Fsp3) is 0.250. The lowest BCUT2D eigenvalue weighted by Gasteiger charge is -2.46. The van der Waals surface area contributed by atoms with Crippen LogP contribution in [-0.4, -0.2) is 27.6 Å². The van der Waals surface area contributed by atoms with Gasteiger partial charge in [-0.25, -0.2) is 0 Å². The Morgan fingerprint density at radius 3 is 2.74 bits per heavy atom. The summed E-state index contributed by atoms with van der Waals surface area (Å²) >= 11 is 1.60. The summed E-state index contributed by atoms with van der Waals surface area (Å²) < 4.78 is 1.99. The molecule has 2 aromatic heterocycles. The molecule has 1 aliphatic rings. The molecular formula is C28H27N5OS. The number of rotatable bonds is 4. The summed E-state index contributed by atoms with van der Waals surface area (Å²) in [5, 5.41) is 20.5. The van der Waals surface area contributed by atoms with Gasteiger partial charge in [0.2, 0.25) is 5.91 Å². The molecule has 2 aromatic carbocycles. The van der Waals surface area contributed by atoms with Crippen molar-refractivity contribution in [3.05, 3.63) is 88.5 Å². The second-order valence-electron chi connectivity index (χ2n) is 9.50. The SMILES string of the molecule is C=C1N[C@](C)(c2cc(-c3cccc(C#N)c3)cs2)[C@H](c2ccc3c(cnn3C(C)C)c2)C(=O)N1C. The summed E-state index contributed by atoms with van der Waals surface area (Å²) in [6.07, 6.45) is 1.87. The Balaban J connectivity index is 1.61. The van der Waals surface area contributed by atoms with Crippen LogP contribution in [0.4, 0.5) is 0 Å². The molecule has 1 N–H and O–H groups in total. The van der Waals surface area contributed by atoms with Crippen LogP contribution >= 0.6 is 11.3 Å². The number of aromatic nitrogens is 2. The summed E-state index contributed by atoms with van der Waals surface area (Å²) in [5.74, 6) is 0.110. The van der Waals surface area contributed by atoms with Gasteiger partial charge < -0.3 is 10.2 Å². The van der Waals surface area contributed by atoms with Crippen LogP contribution < -0.4 is 5.32 Å². The van der Waals surface area contributed by atoms with Crippen LogP contribution in [0.1, 0.15) is 48.7 Å². The Kier molecular flexibility index (Phi) is 5.49. The second kappa shape index (κ2) is 8.40. The summed E-state index contributed by atoms with van der Waals surface area (Å²) in [6, 6.07) is 18.3. The highest BCUT2D eigenvalue weighted by Crippen LogP contribution is 2.46. The molecule has 0 spiro atoms. The first-order valence-corrected chi connectivity index (χ1v) is 12.4. The number of carbonyl (C=O) groups excluding carboxylic acids is 1. The predicted molar refractivity (Wildman–Crippen MR) is 140 cm³/mol. The number of nitrogens with zero attached hydrogens (tertiary/aromatic N) is 4. The predicted octanol–water partition coefficient (Wildman–Crippen LogP) is 5.75. The van der Waals surface area contributed by atoms with E-state index >= 15 is 0 Å². The van der Waals surface area contributed by atoms with Gasteiger partial charge in [0.15, 0.2) is 0 Å². The Hall–Kier alpha value is -3.89. The van der Waals surface area contributed by atoms with Gasteiger partial charge in [-0.2, -0.15) is 10.4 Å². The van der Waals surface area contributed by atoms with Crippen molar-refractivity contribution in [3.63, 3.8) is 0 Å². The Morgan fingerprint density at radius 2 is 2.00 bits per heavy atom. The minimum absolute atomic E-state index is 0.00622. The van der Waals surface area contributed by atoms with Gasteiger partial charge in [0.1, 0.15) is 5.82 Å². The number of thiophene rings is 1. The van der Waals surface area contributed by atoms with E-state index in [1.165, 1.54) is 0 Å². The summed E-state index contributed by atoms with van der Waals surface area (Å²) in [5.41, 5.74) is 3.91. The smallest absolute Gasteiger partial charge is 0.238 e. The minimum Gasteiger partial charge on any atom is -0.361 e. The molecule has 1 fully saturated rings. The third kappa shape index (κ3) is 3.71. The lowest BCUT2D eigenvalue weighted by molar-refractivity contribution is -0.134. The number of fused-ring (bicyclic) bond motifs is 1. The highest BCUT2D eigenvalue weighted by Gasteiger charge is 2.48. The number of benzene rings is 2. The third-order valence-electron chi connectivity index (χ3n) is 6.84. The average Bonchev–Trinajstić information content (AvgIpc) is 3.51. The van der Waals surface area contributed by atoms with Gasteiger partial charge in [-0.3, -0.25) is 9.48 Å². The van der Waals surface area contributed by atoms with Crippen molar-refractivity contribution in [2.45, 2.75) is 38.3 Å². The number of likely N-dealkylation sites (N-methyl/N-ethyl adjacent to an activating group) is 1. The molecule has 176 valence electrons. The quantitative estimate of drug-likeness (QED) is 0.403. The minimum atomic E-state index is -0.696.